The molecule has 8 nitrogen and oxygen atoms in total. The fourth-order valence-electron chi connectivity index (χ4n) is 4.34. The standard InChI is InChI=1S/C22H19Cl2NO3.C10H11ClN4/c1-22(2)17(12-19(23)24)20(22)21(26)28-18(13-25)14-7-6-10-16(11-14)27-15-8-4-3-5-9-15;1-8(14-7-12)15(2)6-9-3-4-10(11)13-5-9/h3-12,17-18,20H,1-2H3;3-5H,6H2,1-2H3. The molecule has 222 valence electrons. The van der Waals surface area contributed by atoms with E-state index in [1.165, 1.54) is 0 Å². The molecule has 0 N–H and O–H groups in total. The van der Waals surface area contributed by atoms with Crippen molar-refractivity contribution < 1.29 is 14.3 Å². The van der Waals surface area contributed by atoms with Crippen molar-refractivity contribution in [3.63, 3.8) is 0 Å². The molecule has 4 rings (SSSR count). The number of esters is 1. The molecule has 43 heavy (non-hydrogen) atoms. The smallest absolute Gasteiger partial charge is 0.311 e. The molecule has 1 saturated carbocycles. The minimum Gasteiger partial charge on any atom is -0.457 e. The maximum atomic E-state index is 12.6. The number of pyridine rings is 1. The van der Waals surface area contributed by atoms with Gasteiger partial charge in [0.15, 0.2) is 0 Å². The van der Waals surface area contributed by atoms with Crippen molar-refractivity contribution in [2.24, 2.45) is 22.2 Å². The van der Waals surface area contributed by atoms with E-state index in [2.05, 4.69) is 9.98 Å². The minimum atomic E-state index is -1.03. The van der Waals surface area contributed by atoms with Crippen LogP contribution in [0.2, 0.25) is 5.15 Å². The van der Waals surface area contributed by atoms with E-state index < -0.39 is 12.1 Å². The van der Waals surface area contributed by atoms with Gasteiger partial charge in [0.05, 0.1) is 5.92 Å². The van der Waals surface area contributed by atoms with Crippen LogP contribution in [0.3, 0.4) is 0 Å². The van der Waals surface area contributed by atoms with Gasteiger partial charge >= 0.3 is 5.97 Å². The fourth-order valence-corrected chi connectivity index (χ4v) is 4.73. The fraction of sp³-hybridized carbons (Fsp3) is 0.281. The van der Waals surface area contributed by atoms with Gasteiger partial charge < -0.3 is 14.4 Å². The van der Waals surface area contributed by atoms with E-state index in [1.807, 2.05) is 68.3 Å². The summed E-state index contributed by atoms with van der Waals surface area (Å²) in [5, 5.41) is 18.4. The molecule has 0 radical (unpaired) electrons. The maximum Gasteiger partial charge on any atom is 0.311 e. The Morgan fingerprint density at radius 1 is 1.12 bits per heavy atom. The number of aliphatic imine (C=N–C) groups is 1. The predicted molar refractivity (Wildman–Crippen MR) is 167 cm³/mol. The number of carbonyl (C=O) groups excluding carboxylic acids is 1. The summed E-state index contributed by atoms with van der Waals surface area (Å²) in [6.07, 6.45) is 4.07. The molecule has 2 aromatic carbocycles. The number of para-hydroxylation sites is 1. The number of halogens is 3. The van der Waals surface area contributed by atoms with Gasteiger partial charge in [-0.1, -0.05) is 85.0 Å². The maximum absolute atomic E-state index is 12.6. The number of nitriles is 2. The first-order valence-electron chi connectivity index (χ1n) is 13.2. The van der Waals surface area contributed by atoms with E-state index in [1.54, 1.807) is 55.7 Å². The van der Waals surface area contributed by atoms with Gasteiger partial charge in [0, 0.05) is 25.4 Å². The zero-order valence-corrected chi connectivity index (χ0v) is 26.3. The molecular weight excluding hydrogens is 609 g/mol. The normalized spacial score (nSPS) is 17.1. The average molecular weight is 639 g/mol. The first-order valence-corrected chi connectivity index (χ1v) is 14.3. The van der Waals surface area contributed by atoms with Gasteiger partial charge in [-0.15, -0.1) is 0 Å². The third-order valence-electron chi connectivity index (χ3n) is 6.93. The Kier molecular flexibility index (Phi) is 12.0. The van der Waals surface area contributed by atoms with Gasteiger partial charge in [0.1, 0.15) is 33.0 Å². The van der Waals surface area contributed by atoms with Crippen molar-refractivity contribution in [1.82, 2.24) is 9.88 Å². The molecule has 11 heteroatoms. The number of aromatic nitrogens is 1. The highest BCUT2D eigenvalue weighted by Crippen LogP contribution is 2.60. The molecule has 3 aromatic rings. The second kappa shape index (κ2) is 15.4. The Hall–Kier alpha value is -4.08. The minimum absolute atomic E-state index is 0.114. The SMILES string of the molecule is CC(=NC#N)N(C)Cc1ccc(Cl)nc1.CC1(C)C(C=C(Cl)Cl)C1C(=O)OC(C#N)c1cccc(Oc2ccccc2)c1. The second-order valence-corrected chi connectivity index (χ2v) is 11.7. The highest BCUT2D eigenvalue weighted by molar-refractivity contribution is 6.55. The van der Waals surface area contributed by atoms with Crippen molar-refractivity contribution in [1.29, 1.82) is 10.5 Å². The number of hydrogen-bond acceptors (Lipinski definition) is 7. The molecule has 3 atom stereocenters. The zero-order chi connectivity index (χ0) is 31.6. The van der Waals surface area contributed by atoms with Gasteiger partial charge in [-0.05, 0) is 60.2 Å². The van der Waals surface area contributed by atoms with Crippen molar-refractivity contribution in [2.45, 2.75) is 33.4 Å². The summed E-state index contributed by atoms with van der Waals surface area (Å²) in [7, 11) is 1.87. The van der Waals surface area contributed by atoms with Crippen LogP contribution < -0.4 is 4.74 Å². The summed E-state index contributed by atoms with van der Waals surface area (Å²) in [5.41, 5.74) is 1.25. The summed E-state index contributed by atoms with van der Waals surface area (Å²) in [4.78, 5) is 22.1. The molecule has 3 unspecified atom stereocenters. The van der Waals surface area contributed by atoms with Crippen LogP contribution in [0.4, 0.5) is 0 Å². The molecule has 1 aliphatic rings. The van der Waals surface area contributed by atoms with E-state index in [4.69, 9.17) is 49.5 Å². The Morgan fingerprint density at radius 3 is 2.42 bits per heavy atom. The molecule has 0 aliphatic heterocycles. The third kappa shape index (κ3) is 9.73. The largest absolute Gasteiger partial charge is 0.457 e. The lowest BCUT2D eigenvalue weighted by atomic mass is 10.1. The van der Waals surface area contributed by atoms with Crippen LogP contribution in [-0.4, -0.2) is 28.7 Å². The summed E-state index contributed by atoms with van der Waals surface area (Å²) in [5.74, 6) is 0.963. The first kappa shape index (κ1) is 33.4. The highest BCUT2D eigenvalue weighted by atomic mass is 35.5. The van der Waals surface area contributed by atoms with Crippen LogP contribution in [0.5, 0.6) is 11.5 Å². The number of amidine groups is 1. The van der Waals surface area contributed by atoms with Crippen LogP contribution in [0, 0.1) is 40.0 Å². The molecule has 0 saturated heterocycles. The van der Waals surface area contributed by atoms with Crippen LogP contribution in [0.1, 0.15) is 38.0 Å². The highest BCUT2D eigenvalue weighted by Gasteiger charge is 2.62. The second-order valence-electron chi connectivity index (χ2n) is 10.3. The van der Waals surface area contributed by atoms with Gasteiger partial charge in [-0.3, -0.25) is 4.79 Å². The van der Waals surface area contributed by atoms with Crippen LogP contribution in [0.15, 0.2) is 88.5 Å². The molecule has 1 aliphatic carbocycles. The predicted octanol–water partition coefficient (Wildman–Crippen LogP) is 8.24. The van der Waals surface area contributed by atoms with E-state index in [-0.39, 0.29) is 21.7 Å². The Labute approximate surface area is 266 Å². The number of ether oxygens (including phenoxy) is 2. The monoisotopic (exact) mass is 637 g/mol. The average Bonchev–Trinajstić information content (AvgIpc) is 3.52. The van der Waals surface area contributed by atoms with E-state index in [0.717, 1.165) is 5.56 Å². The lowest BCUT2D eigenvalue weighted by Gasteiger charge is -2.17. The van der Waals surface area contributed by atoms with Crippen LogP contribution in [-0.2, 0) is 16.1 Å². The number of nitrogens with zero attached hydrogens (tertiary/aromatic N) is 5. The number of allylic oxidation sites excluding steroid dienone is 1. The van der Waals surface area contributed by atoms with Gasteiger partial charge in [-0.2, -0.15) is 15.5 Å². The molecule has 0 amide bonds. The molecule has 0 spiro atoms. The number of carbonyl (C=O) groups is 1. The van der Waals surface area contributed by atoms with E-state index in [9.17, 15) is 10.1 Å². The molecule has 0 bridgehead atoms. The molecule has 1 aromatic heterocycles. The molecule has 1 heterocycles. The number of hydrogen-bond donors (Lipinski definition) is 0. The Morgan fingerprint density at radius 2 is 1.81 bits per heavy atom. The first-order chi connectivity index (χ1) is 20.5. The summed E-state index contributed by atoms with van der Waals surface area (Å²) < 4.78 is 11.4. The lowest BCUT2D eigenvalue weighted by molar-refractivity contribution is -0.149. The van der Waals surface area contributed by atoms with E-state index >= 15 is 0 Å². The topological polar surface area (TPSA) is 112 Å². The lowest BCUT2D eigenvalue weighted by Crippen LogP contribution is -2.23. The summed E-state index contributed by atoms with van der Waals surface area (Å²) >= 11 is 17.1. The molecular formula is C32H30Cl3N5O3. The summed E-state index contributed by atoms with van der Waals surface area (Å²) in [6, 6.07) is 21.9. The van der Waals surface area contributed by atoms with Gasteiger partial charge in [-0.25, -0.2) is 4.98 Å². The van der Waals surface area contributed by atoms with Crippen molar-refractivity contribution in [3.05, 3.63) is 99.8 Å². The molecule has 1 fully saturated rings. The van der Waals surface area contributed by atoms with Crippen LogP contribution >= 0.6 is 34.8 Å². The zero-order valence-electron chi connectivity index (χ0n) is 24.0. The Bertz CT molecular complexity index is 1540. The van der Waals surface area contributed by atoms with Crippen molar-refractivity contribution in [3.8, 4) is 23.8 Å². The van der Waals surface area contributed by atoms with Crippen molar-refractivity contribution >= 4 is 46.6 Å². The Balaban J connectivity index is 0.000000285. The quantitative estimate of drug-likeness (QED) is 0.0803. The summed E-state index contributed by atoms with van der Waals surface area (Å²) in [6.45, 7) is 6.31. The van der Waals surface area contributed by atoms with Gasteiger partial charge in [0.25, 0.3) is 0 Å². The van der Waals surface area contributed by atoms with Crippen molar-refractivity contribution in [2.75, 3.05) is 7.05 Å². The number of benzene rings is 2. The van der Waals surface area contributed by atoms with Crippen LogP contribution in [0.25, 0.3) is 0 Å². The van der Waals surface area contributed by atoms with E-state index in [0.29, 0.717) is 34.6 Å². The van der Waals surface area contributed by atoms with Gasteiger partial charge in [0.2, 0.25) is 12.3 Å². The number of rotatable bonds is 8. The third-order valence-corrected chi connectivity index (χ3v) is 7.41.